The lowest BCUT2D eigenvalue weighted by atomic mass is 10.0. The van der Waals surface area contributed by atoms with Gasteiger partial charge in [0, 0.05) is 19.3 Å². The number of nitrogens with zero attached hydrogens (tertiary/aromatic N) is 3. The first-order valence-corrected chi connectivity index (χ1v) is 13.6. The number of hydrogen-bond acceptors (Lipinski definition) is 5. The fraction of sp³-hybridized carbons (Fsp3) is 0.333. The summed E-state index contributed by atoms with van der Waals surface area (Å²) < 4.78 is 0. The van der Waals surface area contributed by atoms with Crippen molar-refractivity contribution in [2.24, 2.45) is 5.73 Å². The van der Waals surface area contributed by atoms with E-state index in [1.54, 1.807) is 39.3 Å². The third-order valence-corrected chi connectivity index (χ3v) is 8.00. The quantitative estimate of drug-likeness (QED) is 0.375. The molecule has 0 bridgehead atoms. The summed E-state index contributed by atoms with van der Waals surface area (Å²) in [5.41, 5.74) is 9.53. The summed E-state index contributed by atoms with van der Waals surface area (Å²) >= 11 is 13.9. The predicted octanol–water partition coefficient (Wildman–Crippen LogP) is 5.31. The van der Waals surface area contributed by atoms with Gasteiger partial charge in [0.15, 0.2) is 0 Å². The van der Waals surface area contributed by atoms with Crippen LogP contribution in [0.15, 0.2) is 59.3 Å². The molecule has 4 rings (SSSR count). The van der Waals surface area contributed by atoms with Gasteiger partial charge in [-0.3, -0.25) is 9.59 Å². The van der Waals surface area contributed by atoms with E-state index < -0.39 is 5.91 Å². The molecule has 9 heteroatoms. The van der Waals surface area contributed by atoms with Crippen molar-refractivity contribution in [1.29, 1.82) is 0 Å². The lowest BCUT2D eigenvalue weighted by Crippen LogP contribution is -2.45. The highest BCUT2D eigenvalue weighted by Crippen LogP contribution is 2.29. The van der Waals surface area contributed by atoms with Gasteiger partial charge in [-0.25, -0.2) is 0 Å². The minimum Gasteiger partial charge on any atom is -0.368 e. The van der Waals surface area contributed by atoms with Gasteiger partial charge >= 0.3 is 0 Å². The number of carbonyl (C=O) groups excluding carboxylic acids is 2. The molecule has 190 valence electrons. The Bertz CT molecular complexity index is 1180. The van der Waals surface area contributed by atoms with Gasteiger partial charge in [0.25, 0.3) is 0 Å². The number of primary amides is 1. The van der Waals surface area contributed by atoms with Crippen molar-refractivity contribution < 1.29 is 9.59 Å². The van der Waals surface area contributed by atoms with Gasteiger partial charge in [0.05, 0.1) is 29.2 Å². The zero-order valence-corrected chi connectivity index (χ0v) is 22.5. The zero-order valence-electron chi connectivity index (χ0n) is 20.2. The van der Waals surface area contributed by atoms with Crippen LogP contribution in [-0.2, 0) is 9.59 Å². The highest BCUT2D eigenvalue weighted by atomic mass is 35.5. The van der Waals surface area contributed by atoms with Crippen LogP contribution in [0.1, 0.15) is 24.4 Å². The number of nitrogens with two attached hydrogens (primary N) is 1. The topological polar surface area (TPSA) is 69.9 Å². The summed E-state index contributed by atoms with van der Waals surface area (Å²) in [6.07, 6.45) is 2.34. The van der Waals surface area contributed by atoms with E-state index in [4.69, 9.17) is 28.9 Å². The molecule has 1 unspecified atom stereocenters. The molecule has 0 radical (unpaired) electrons. The molecule has 1 aliphatic heterocycles. The number of benzene rings is 2. The van der Waals surface area contributed by atoms with Crippen molar-refractivity contribution in [2.75, 3.05) is 44.7 Å². The van der Waals surface area contributed by atoms with Crippen molar-refractivity contribution in [3.8, 4) is 11.1 Å². The Hall–Kier alpha value is -2.58. The molecule has 2 amide bonds. The summed E-state index contributed by atoms with van der Waals surface area (Å²) in [6, 6.07) is 15.4. The minimum atomic E-state index is -0.533. The van der Waals surface area contributed by atoms with Gasteiger partial charge in [-0.2, -0.15) is 11.3 Å². The number of halogens is 2. The molecule has 3 aromatic rings. The highest BCUT2D eigenvalue weighted by molar-refractivity contribution is 7.08. The van der Waals surface area contributed by atoms with E-state index in [1.807, 2.05) is 7.05 Å². The number of rotatable bonds is 10. The van der Waals surface area contributed by atoms with Crippen molar-refractivity contribution in [2.45, 2.75) is 18.9 Å². The largest absolute Gasteiger partial charge is 0.368 e. The molecule has 6 nitrogen and oxygen atoms in total. The smallest absolute Gasteiger partial charge is 0.242 e. The van der Waals surface area contributed by atoms with E-state index in [9.17, 15) is 9.59 Å². The predicted molar refractivity (Wildman–Crippen MR) is 149 cm³/mol. The maximum absolute atomic E-state index is 13.6. The van der Waals surface area contributed by atoms with Gasteiger partial charge in [-0.15, -0.1) is 0 Å². The minimum absolute atomic E-state index is 0.0130. The van der Waals surface area contributed by atoms with Crippen molar-refractivity contribution in [1.82, 2.24) is 9.80 Å². The van der Waals surface area contributed by atoms with E-state index in [1.165, 1.54) is 18.4 Å². The highest BCUT2D eigenvalue weighted by Gasteiger charge is 2.27. The van der Waals surface area contributed by atoms with Crippen LogP contribution in [0.4, 0.5) is 5.69 Å². The molecular weight excluding hydrogens is 515 g/mol. The average Bonchev–Trinajstić information content (AvgIpc) is 3.58. The molecule has 1 aliphatic rings. The fourth-order valence-electron chi connectivity index (χ4n) is 4.54. The Morgan fingerprint density at radius 2 is 1.72 bits per heavy atom. The Morgan fingerprint density at radius 3 is 2.33 bits per heavy atom. The second kappa shape index (κ2) is 12.1. The summed E-state index contributed by atoms with van der Waals surface area (Å²) in [5.74, 6) is -0.650. The maximum atomic E-state index is 13.6. The van der Waals surface area contributed by atoms with E-state index in [-0.39, 0.29) is 25.0 Å². The van der Waals surface area contributed by atoms with Crippen LogP contribution in [0.25, 0.3) is 11.1 Å². The Morgan fingerprint density at radius 1 is 1.00 bits per heavy atom. The first kappa shape index (κ1) is 26.5. The molecule has 36 heavy (non-hydrogen) atoms. The Kier molecular flexibility index (Phi) is 8.90. The molecule has 1 aromatic heterocycles. The molecule has 1 fully saturated rings. The molecule has 0 aliphatic carbocycles. The number of likely N-dealkylation sites (N-methyl/N-ethyl adjacent to an activating group) is 1. The van der Waals surface area contributed by atoms with Crippen LogP contribution in [0.2, 0.25) is 10.0 Å². The van der Waals surface area contributed by atoms with Crippen LogP contribution in [-0.4, -0.2) is 61.4 Å². The van der Waals surface area contributed by atoms with Crippen LogP contribution in [0, 0.1) is 0 Å². The standard InChI is InChI=1S/C27H30Cl2N4O2S/c1-31(27(35)17-33(16-26(30)34)22-8-9-23(28)24(29)14-22)25(15-32-11-2-3-12-32)20-6-4-19(5-7-20)21-10-13-36-18-21/h4-10,13-14,18,25H,2-3,11-12,15-17H2,1H3,(H2,30,34). The lowest BCUT2D eigenvalue weighted by molar-refractivity contribution is -0.131. The molecule has 1 saturated heterocycles. The number of amides is 2. The fourth-order valence-corrected chi connectivity index (χ4v) is 5.50. The lowest BCUT2D eigenvalue weighted by Gasteiger charge is -2.34. The zero-order chi connectivity index (χ0) is 25.7. The summed E-state index contributed by atoms with van der Waals surface area (Å²) in [7, 11) is 1.83. The van der Waals surface area contributed by atoms with Gasteiger partial charge in [-0.05, 0) is 77.6 Å². The van der Waals surface area contributed by atoms with E-state index in [2.05, 4.69) is 46.0 Å². The number of thiophene rings is 1. The summed E-state index contributed by atoms with van der Waals surface area (Å²) in [6.45, 7) is 2.69. The Balaban J connectivity index is 1.56. The average molecular weight is 546 g/mol. The number of likely N-dealkylation sites (tertiary alicyclic amines) is 1. The molecule has 0 saturated carbocycles. The second-order valence-electron chi connectivity index (χ2n) is 9.08. The van der Waals surface area contributed by atoms with Gasteiger partial charge in [0.1, 0.15) is 0 Å². The Labute approximate surface area is 226 Å². The van der Waals surface area contributed by atoms with E-state index in [0.717, 1.165) is 30.8 Å². The van der Waals surface area contributed by atoms with Crippen LogP contribution >= 0.6 is 34.5 Å². The number of anilines is 1. The van der Waals surface area contributed by atoms with Gasteiger partial charge < -0.3 is 20.4 Å². The molecule has 2 heterocycles. The first-order chi connectivity index (χ1) is 17.3. The molecule has 0 spiro atoms. The monoisotopic (exact) mass is 544 g/mol. The van der Waals surface area contributed by atoms with Crippen LogP contribution in [0.5, 0.6) is 0 Å². The molecule has 2 aromatic carbocycles. The molecule has 2 N–H and O–H groups in total. The SMILES string of the molecule is CN(C(=O)CN(CC(N)=O)c1ccc(Cl)c(Cl)c1)C(CN1CCCC1)c1ccc(-c2ccsc2)cc1. The number of carbonyl (C=O) groups is 2. The summed E-state index contributed by atoms with van der Waals surface area (Å²) in [5, 5.41) is 4.95. The number of hydrogen-bond donors (Lipinski definition) is 1. The summed E-state index contributed by atoms with van der Waals surface area (Å²) in [4.78, 5) is 31.2. The second-order valence-corrected chi connectivity index (χ2v) is 10.7. The van der Waals surface area contributed by atoms with E-state index >= 15 is 0 Å². The van der Waals surface area contributed by atoms with Crippen molar-refractivity contribution in [3.63, 3.8) is 0 Å². The van der Waals surface area contributed by atoms with Crippen molar-refractivity contribution in [3.05, 3.63) is 74.9 Å². The van der Waals surface area contributed by atoms with E-state index in [0.29, 0.717) is 15.7 Å². The van der Waals surface area contributed by atoms with Gasteiger partial charge in [0.2, 0.25) is 11.8 Å². The molecule has 1 atom stereocenters. The normalized spacial score (nSPS) is 14.5. The molecular formula is C27H30Cl2N4O2S. The van der Waals surface area contributed by atoms with Gasteiger partial charge in [-0.1, -0.05) is 47.5 Å². The van der Waals surface area contributed by atoms with Crippen LogP contribution in [0.3, 0.4) is 0 Å². The third kappa shape index (κ3) is 6.59. The first-order valence-electron chi connectivity index (χ1n) is 11.9. The third-order valence-electron chi connectivity index (χ3n) is 6.58. The maximum Gasteiger partial charge on any atom is 0.242 e. The van der Waals surface area contributed by atoms with Crippen LogP contribution < -0.4 is 10.6 Å². The van der Waals surface area contributed by atoms with Crippen molar-refractivity contribution >= 4 is 52.0 Å².